The monoisotopic (exact) mass is 298 g/mol. The fourth-order valence-corrected chi connectivity index (χ4v) is 2.96. The number of anilines is 1. The molecule has 0 fully saturated rings. The Kier molecular flexibility index (Phi) is 7.02. The van der Waals surface area contributed by atoms with Gasteiger partial charge in [-0.05, 0) is 31.0 Å². The predicted molar refractivity (Wildman–Crippen MR) is 84.4 cm³/mol. The van der Waals surface area contributed by atoms with E-state index in [2.05, 4.69) is 12.2 Å². The molecule has 0 spiro atoms. The average Bonchev–Trinajstić information content (AvgIpc) is 2.38. The van der Waals surface area contributed by atoms with E-state index in [4.69, 9.17) is 5.14 Å². The van der Waals surface area contributed by atoms with Crippen molar-refractivity contribution in [3.05, 3.63) is 23.8 Å². The topological polar surface area (TPSA) is 72.2 Å². The molecule has 0 aliphatic carbocycles. The SMILES string of the molecule is CCCCCCCCNc1ccc(C)c(S(N)(=O)=O)c1. The number of rotatable bonds is 9. The van der Waals surface area contributed by atoms with Crippen molar-refractivity contribution in [2.75, 3.05) is 11.9 Å². The van der Waals surface area contributed by atoms with Gasteiger partial charge in [-0.15, -0.1) is 0 Å². The van der Waals surface area contributed by atoms with Gasteiger partial charge in [0.05, 0.1) is 4.90 Å². The fourth-order valence-electron chi connectivity index (χ4n) is 2.15. The molecular formula is C15H26N2O2S. The molecule has 0 heterocycles. The first-order valence-corrected chi connectivity index (χ1v) is 8.87. The van der Waals surface area contributed by atoms with Crippen molar-refractivity contribution in [2.45, 2.75) is 57.3 Å². The maximum atomic E-state index is 11.4. The van der Waals surface area contributed by atoms with Crippen LogP contribution in [0, 0.1) is 6.92 Å². The minimum atomic E-state index is -3.64. The summed E-state index contributed by atoms with van der Waals surface area (Å²) in [6.07, 6.45) is 7.45. The lowest BCUT2D eigenvalue weighted by atomic mass is 10.1. The van der Waals surface area contributed by atoms with Gasteiger partial charge in [0.25, 0.3) is 0 Å². The van der Waals surface area contributed by atoms with Crippen LogP contribution in [-0.4, -0.2) is 15.0 Å². The highest BCUT2D eigenvalue weighted by atomic mass is 32.2. The predicted octanol–water partition coefficient (Wildman–Crippen LogP) is 3.41. The number of nitrogens with two attached hydrogens (primary N) is 1. The Morgan fingerprint density at radius 2 is 1.75 bits per heavy atom. The van der Waals surface area contributed by atoms with E-state index in [9.17, 15) is 8.42 Å². The van der Waals surface area contributed by atoms with Crippen LogP contribution in [0.2, 0.25) is 0 Å². The van der Waals surface area contributed by atoms with Gasteiger partial charge in [-0.1, -0.05) is 45.1 Å². The molecule has 1 aromatic rings. The molecule has 0 radical (unpaired) electrons. The van der Waals surface area contributed by atoms with Gasteiger partial charge in [0.1, 0.15) is 0 Å². The molecule has 114 valence electrons. The van der Waals surface area contributed by atoms with Crippen LogP contribution in [0.15, 0.2) is 23.1 Å². The molecule has 0 unspecified atom stereocenters. The van der Waals surface area contributed by atoms with Crippen molar-refractivity contribution in [2.24, 2.45) is 5.14 Å². The Hall–Kier alpha value is -1.07. The largest absolute Gasteiger partial charge is 0.385 e. The number of hydrogen-bond acceptors (Lipinski definition) is 3. The number of primary sulfonamides is 1. The van der Waals surface area contributed by atoms with Gasteiger partial charge in [-0.25, -0.2) is 13.6 Å². The summed E-state index contributed by atoms with van der Waals surface area (Å²) in [6.45, 7) is 4.82. The molecule has 0 aromatic heterocycles. The molecule has 4 nitrogen and oxygen atoms in total. The Balaban J connectivity index is 2.42. The first-order valence-electron chi connectivity index (χ1n) is 7.32. The fraction of sp³-hybridized carbons (Fsp3) is 0.600. The zero-order valence-electron chi connectivity index (χ0n) is 12.5. The summed E-state index contributed by atoms with van der Waals surface area (Å²) in [5, 5.41) is 8.45. The van der Waals surface area contributed by atoms with Crippen LogP contribution in [0.5, 0.6) is 0 Å². The van der Waals surface area contributed by atoms with Crippen LogP contribution in [0.1, 0.15) is 51.0 Å². The van der Waals surface area contributed by atoms with E-state index >= 15 is 0 Å². The van der Waals surface area contributed by atoms with Crippen molar-refractivity contribution in [3.8, 4) is 0 Å². The van der Waals surface area contributed by atoms with Crippen molar-refractivity contribution >= 4 is 15.7 Å². The molecule has 1 rings (SSSR count). The van der Waals surface area contributed by atoms with E-state index < -0.39 is 10.0 Å². The van der Waals surface area contributed by atoms with Gasteiger partial charge in [-0.2, -0.15) is 0 Å². The Morgan fingerprint density at radius 3 is 2.40 bits per heavy atom. The molecule has 20 heavy (non-hydrogen) atoms. The van der Waals surface area contributed by atoms with E-state index in [0.29, 0.717) is 5.56 Å². The Bertz CT molecular complexity index is 513. The number of sulfonamides is 1. The quantitative estimate of drug-likeness (QED) is 0.686. The van der Waals surface area contributed by atoms with Crippen molar-refractivity contribution in [1.29, 1.82) is 0 Å². The lowest BCUT2D eigenvalue weighted by Crippen LogP contribution is -2.14. The summed E-state index contributed by atoms with van der Waals surface area (Å²) in [7, 11) is -3.64. The second-order valence-corrected chi connectivity index (χ2v) is 6.75. The summed E-state index contributed by atoms with van der Waals surface area (Å²) in [5.74, 6) is 0. The van der Waals surface area contributed by atoms with Crippen molar-refractivity contribution in [1.82, 2.24) is 0 Å². The molecule has 0 aliphatic rings. The number of hydrogen-bond donors (Lipinski definition) is 2. The second-order valence-electron chi connectivity index (χ2n) is 5.22. The molecule has 0 atom stereocenters. The van der Waals surface area contributed by atoms with Crippen LogP contribution < -0.4 is 10.5 Å². The van der Waals surface area contributed by atoms with E-state index in [0.717, 1.165) is 18.7 Å². The lowest BCUT2D eigenvalue weighted by molar-refractivity contribution is 0.597. The molecule has 0 amide bonds. The average molecular weight is 298 g/mol. The third kappa shape index (κ3) is 5.92. The smallest absolute Gasteiger partial charge is 0.238 e. The maximum absolute atomic E-state index is 11.4. The third-order valence-electron chi connectivity index (χ3n) is 3.35. The van der Waals surface area contributed by atoms with Gasteiger partial charge >= 0.3 is 0 Å². The highest BCUT2D eigenvalue weighted by Crippen LogP contribution is 2.19. The highest BCUT2D eigenvalue weighted by molar-refractivity contribution is 7.89. The van der Waals surface area contributed by atoms with Crippen LogP contribution in [0.4, 0.5) is 5.69 Å². The third-order valence-corrected chi connectivity index (χ3v) is 4.41. The molecule has 0 bridgehead atoms. The lowest BCUT2D eigenvalue weighted by Gasteiger charge is -2.09. The molecule has 5 heteroatoms. The first kappa shape index (κ1) is 17.0. The number of unbranched alkanes of at least 4 members (excludes halogenated alkanes) is 5. The summed E-state index contributed by atoms with van der Waals surface area (Å²) in [5.41, 5.74) is 1.49. The minimum absolute atomic E-state index is 0.199. The van der Waals surface area contributed by atoms with Crippen molar-refractivity contribution in [3.63, 3.8) is 0 Å². The van der Waals surface area contributed by atoms with Crippen LogP contribution in [0.3, 0.4) is 0 Å². The van der Waals surface area contributed by atoms with E-state index in [-0.39, 0.29) is 4.90 Å². The second kappa shape index (κ2) is 8.27. The molecular weight excluding hydrogens is 272 g/mol. The summed E-state index contributed by atoms with van der Waals surface area (Å²) >= 11 is 0. The van der Waals surface area contributed by atoms with Gasteiger partial charge in [0, 0.05) is 12.2 Å². The summed E-state index contributed by atoms with van der Waals surface area (Å²) in [4.78, 5) is 0.199. The summed E-state index contributed by atoms with van der Waals surface area (Å²) < 4.78 is 22.9. The number of aryl methyl sites for hydroxylation is 1. The Labute approximate surface area is 122 Å². The molecule has 0 saturated heterocycles. The normalized spacial score (nSPS) is 11.6. The maximum Gasteiger partial charge on any atom is 0.238 e. The van der Waals surface area contributed by atoms with Crippen LogP contribution >= 0.6 is 0 Å². The highest BCUT2D eigenvalue weighted by Gasteiger charge is 2.11. The van der Waals surface area contributed by atoms with E-state index in [1.807, 2.05) is 6.07 Å². The molecule has 1 aromatic carbocycles. The molecule has 0 aliphatic heterocycles. The van der Waals surface area contributed by atoms with Gasteiger partial charge in [0.15, 0.2) is 0 Å². The Morgan fingerprint density at radius 1 is 1.10 bits per heavy atom. The number of benzene rings is 1. The van der Waals surface area contributed by atoms with Gasteiger partial charge < -0.3 is 5.32 Å². The van der Waals surface area contributed by atoms with Gasteiger partial charge in [0.2, 0.25) is 10.0 Å². The molecule has 3 N–H and O–H groups in total. The first-order chi connectivity index (χ1) is 9.45. The minimum Gasteiger partial charge on any atom is -0.385 e. The van der Waals surface area contributed by atoms with E-state index in [1.165, 1.54) is 32.1 Å². The standard InChI is InChI=1S/C15H26N2O2S/c1-3-4-5-6-7-8-11-17-14-10-9-13(2)15(12-14)20(16,18)19/h9-10,12,17H,3-8,11H2,1-2H3,(H2,16,18,19). The zero-order chi connectivity index (χ0) is 15.0. The number of nitrogens with one attached hydrogen (secondary N) is 1. The van der Waals surface area contributed by atoms with Gasteiger partial charge in [-0.3, -0.25) is 0 Å². The summed E-state index contributed by atoms with van der Waals surface area (Å²) in [6, 6.07) is 5.28. The molecule has 0 saturated carbocycles. The van der Waals surface area contributed by atoms with E-state index in [1.54, 1.807) is 19.1 Å². The van der Waals surface area contributed by atoms with Crippen LogP contribution in [-0.2, 0) is 10.0 Å². The van der Waals surface area contributed by atoms with Crippen molar-refractivity contribution < 1.29 is 8.42 Å². The zero-order valence-corrected chi connectivity index (χ0v) is 13.3. The van der Waals surface area contributed by atoms with Crippen LogP contribution in [0.25, 0.3) is 0 Å².